The Hall–Kier alpha value is -2.68. The molecule has 2 heterocycles. The first-order valence-electron chi connectivity index (χ1n) is 13.5. The molecule has 0 fully saturated rings. The van der Waals surface area contributed by atoms with E-state index >= 15 is 0 Å². The molecular formula is C34H38S2. The van der Waals surface area contributed by atoms with Crippen molar-refractivity contribution in [3.05, 3.63) is 105 Å². The van der Waals surface area contributed by atoms with Gasteiger partial charge in [-0.25, -0.2) is 0 Å². The Balaban J connectivity index is 1.32. The van der Waals surface area contributed by atoms with E-state index < -0.39 is 0 Å². The topological polar surface area (TPSA) is 0 Å². The number of unbranched alkanes of at least 4 members (excludes halogenated alkanes) is 4. The van der Waals surface area contributed by atoms with Crippen LogP contribution < -0.4 is 0 Å². The lowest BCUT2D eigenvalue weighted by atomic mass is 10.1. The molecular weight excluding hydrogens is 473 g/mol. The second-order valence-electron chi connectivity index (χ2n) is 9.47. The second-order valence-corrected chi connectivity index (χ2v) is 11.7. The minimum Gasteiger partial charge on any atom is -0.135 e. The molecule has 2 aromatic heterocycles. The molecule has 4 rings (SSSR count). The number of hydrogen-bond donors (Lipinski definition) is 0. The van der Waals surface area contributed by atoms with Crippen LogP contribution in [-0.4, -0.2) is 0 Å². The van der Waals surface area contributed by atoms with Crippen molar-refractivity contribution in [2.45, 2.75) is 65.2 Å². The van der Waals surface area contributed by atoms with Gasteiger partial charge in [-0.2, -0.15) is 0 Å². The van der Waals surface area contributed by atoms with Gasteiger partial charge in [0.2, 0.25) is 0 Å². The van der Waals surface area contributed by atoms with Crippen LogP contribution in [0.25, 0.3) is 34.1 Å². The molecule has 2 heteroatoms. The summed E-state index contributed by atoms with van der Waals surface area (Å²) in [6.07, 6.45) is 19.1. The molecule has 0 spiro atoms. The van der Waals surface area contributed by atoms with Gasteiger partial charge in [-0.3, -0.25) is 0 Å². The zero-order valence-corrected chi connectivity index (χ0v) is 23.3. The average Bonchev–Trinajstić information content (AvgIpc) is 3.58. The Kier molecular flexibility index (Phi) is 10.4. The van der Waals surface area contributed by atoms with Gasteiger partial charge >= 0.3 is 0 Å². The van der Waals surface area contributed by atoms with Crippen LogP contribution in [0.5, 0.6) is 0 Å². The Bertz CT molecular complexity index is 1130. The average molecular weight is 511 g/mol. The third kappa shape index (κ3) is 8.18. The predicted molar refractivity (Wildman–Crippen MR) is 165 cm³/mol. The number of rotatable bonds is 13. The molecule has 0 aliphatic carbocycles. The van der Waals surface area contributed by atoms with E-state index in [1.807, 2.05) is 22.7 Å². The minimum atomic E-state index is 1.19. The summed E-state index contributed by atoms with van der Waals surface area (Å²) in [7, 11) is 0. The lowest BCUT2D eigenvalue weighted by molar-refractivity contribution is 0.717. The van der Waals surface area contributed by atoms with Gasteiger partial charge in [0.05, 0.1) is 0 Å². The van der Waals surface area contributed by atoms with Gasteiger partial charge in [-0.1, -0.05) is 100 Å². The van der Waals surface area contributed by atoms with Crippen LogP contribution in [0.4, 0.5) is 0 Å². The molecule has 0 saturated carbocycles. The monoisotopic (exact) mass is 510 g/mol. The highest BCUT2D eigenvalue weighted by Gasteiger charge is 2.05. The fourth-order valence-corrected chi connectivity index (χ4v) is 6.17. The first kappa shape index (κ1) is 26.4. The van der Waals surface area contributed by atoms with Gasteiger partial charge in [0.15, 0.2) is 0 Å². The summed E-state index contributed by atoms with van der Waals surface area (Å²) in [4.78, 5) is 5.26. The molecule has 0 atom stereocenters. The molecule has 0 N–H and O–H groups in total. The van der Waals surface area contributed by atoms with E-state index in [2.05, 4.69) is 111 Å². The molecule has 4 aromatic rings. The van der Waals surface area contributed by atoms with Crippen LogP contribution in [0.1, 0.15) is 84.4 Å². The molecule has 0 unspecified atom stereocenters. The highest BCUT2D eigenvalue weighted by Crippen LogP contribution is 2.35. The normalized spacial score (nSPS) is 11.7. The fourth-order valence-electron chi connectivity index (χ4n) is 4.26. The van der Waals surface area contributed by atoms with Crippen LogP contribution in [0.15, 0.2) is 72.8 Å². The summed E-state index contributed by atoms with van der Waals surface area (Å²) >= 11 is 3.72. The molecule has 0 nitrogen and oxygen atoms in total. The summed E-state index contributed by atoms with van der Waals surface area (Å²) in [6, 6.07) is 27.0. The maximum Gasteiger partial charge on any atom is 0.0449 e. The SMILES string of the molecule is CCCCCc1ccc(/C=C/c2ccc(-c3ccc(/C=C/c4ccc(CCCCC)cc4)s3)s2)cc1. The zero-order valence-electron chi connectivity index (χ0n) is 21.7. The van der Waals surface area contributed by atoms with E-state index in [9.17, 15) is 0 Å². The highest BCUT2D eigenvalue weighted by atomic mass is 32.1. The molecule has 0 saturated heterocycles. The summed E-state index contributed by atoms with van der Waals surface area (Å²) in [6.45, 7) is 4.52. The molecule has 0 aliphatic heterocycles. The molecule has 36 heavy (non-hydrogen) atoms. The maximum absolute atomic E-state index is 2.28. The van der Waals surface area contributed by atoms with E-state index in [4.69, 9.17) is 0 Å². The van der Waals surface area contributed by atoms with Crippen molar-refractivity contribution in [2.75, 3.05) is 0 Å². The third-order valence-corrected chi connectivity index (χ3v) is 8.77. The van der Waals surface area contributed by atoms with Crippen molar-refractivity contribution in [3.8, 4) is 9.75 Å². The molecule has 2 aromatic carbocycles. The first-order valence-corrected chi connectivity index (χ1v) is 15.1. The van der Waals surface area contributed by atoms with E-state index in [1.165, 1.54) is 93.1 Å². The molecule has 0 bridgehead atoms. The van der Waals surface area contributed by atoms with Crippen molar-refractivity contribution in [1.82, 2.24) is 0 Å². The first-order chi connectivity index (χ1) is 17.7. The van der Waals surface area contributed by atoms with Crippen LogP contribution in [0.2, 0.25) is 0 Å². The molecule has 0 aliphatic rings. The smallest absolute Gasteiger partial charge is 0.0449 e. The zero-order chi connectivity index (χ0) is 25.0. The van der Waals surface area contributed by atoms with Crippen LogP contribution in [0.3, 0.4) is 0 Å². The van der Waals surface area contributed by atoms with Crippen molar-refractivity contribution in [3.63, 3.8) is 0 Å². The van der Waals surface area contributed by atoms with E-state index in [0.29, 0.717) is 0 Å². The molecule has 0 amide bonds. The van der Waals surface area contributed by atoms with Crippen LogP contribution >= 0.6 is 22.7 Å². The minimum absolute atomic E-state index is 1.19. The van der Waals surface area contributed by atoms with Crippen molar-refractivity contribution >= 4 is 47.0 Å². The predicted octanol–water partition coefficient (Wildman–Crippen LogP) is 11.3. The van der Waals surface area contributed by atoms with E-state index in [-0.39, 0.29) is 0 Å². The quantitative estimate of drug-likeness (QED) is 0.157. The van der Waals surface area contributed by atoms with Gasteiger partial charge in [0.25, 0.3) is 0 Å². The Morgan fingerprint density at radius 3 is 1.28 bits per heavy atom. The third-order valence-electron chi connectivity index (χ3n) is 6.47. The van der Waals surface area contributed by atoms with Gasteiger partial charge in [0, 0.05) is 19.5 Å². The van der Waals surface area contributed by atoms with E-state index in [0.717, 1.165) is 0 Å². The van der Waals surface area contributed by atoms with Gasteiger partial charge < -0.3 is 0 Å². The number of thiophene rings is 2. The second kappa shape index (κ2) is 14.2. The number of benzene rings is 2. The molecule has 186 valence electrons. The summed E-state index contributed by atoms with van der Waals surface area (Å²) in [5, 5.41) is 0. The highest BCUT2D eigenvalue weighted by molar-refractivity contribution is 7.23. The summed E-state index contributed by atoms with van der Waals surface area (Å²) in [5.74, 6) is 0. The molecule has 0 radical (unpaired) electrons. The summed E-state index contributed by atoms with van der Waals surface area (Å²) in [5.41, 5.74) is 5.42. The van der Waals surface area contributed by atoms with Crippen molar-refractivity contribution in [2.24, 2.45) is 0 Å². The van der Waals surface area contributed by atoms with Gasteiger partial charge in [-0.15, -0.1) is 22.7 Å². The Labute approximate surface area is 226 Å². The largest absolute Gasteiger partial charge is 0.135 e. The van der Waals surface area contributed by atoms with Gasteiger partial charge in [0.1, 0.15) is 0 Å². The fraction of sp³-hybridized carbons (Fsp3) is 0.294. The number of hydrogen-bond acceptors (Lipinski definition) is 2. The lowest BCUT2D eigenvalue weighted by Gasteiger charge is -2.01. The van der Waals surface area contributed by atoms with Crippen molar-refractivity contribution < 1.29 is 0 Å². The number of aryl methyl sites for hydroxylation is 2. The standard InChI is InChI=1S/C34H38S2/c1-3-5-7-9-27-11-15-29(16-12-27)19-21-31-23-25-33(35-31)34-26-24-32(36-34)22-20-30-17-13-28(14-18-30)10-8-6-4-2/h11-26H,3-10H2,1-2H3/b21-19+,22-20+. The van der Waals surface area contributed by atoms with Gasteiger partial charge in [-0.05, 0) is 84.4 Å². The Morgan fingerprint density at radius 1 is 0.472 bits per heavy atom. The van der Waals surface area contributed by atoms with Crippen LogP contribution in [0, 0.1) is 0 Å². The van der Waals surface area contributed by atoms with E-state index in [1.54, 1.807) is 0 Å². The summed E-state index contributed by atoms with van der Waals surface area (Å²) < 4.78 is 0. The lowest BCUT2D eigenvalue weighted by Crippen LogP contribution is -1.85. The Morgan fingerprint density at radius 2 is 0.889 bits per heavy atom. The maximum atomic E-state index is 2.28. The van der Waals surface area contributed by atoms with Crippen LogP contribution in [-0.2, 0) is 12.8 Å². The van der Waals surface area contributed by atoms with Crippen molar-refractivity contribution in [1.29, 1.82) is 0 Å².